The number of urea groups is 1. The molecule has 2 amide bonds. The monoisotopic (exact) mass is 287 g/mol. The normalized spacial score (nSPS) is 22.6. The Kier molecular flexibility index (Phi) is 2.75. The number of oxazole rings is 1. The van der Waals surface area contributed by atoms with Gasteiger partial charge in [-0.25, -0.2) is 9.78 Å². The van der Waals surface area contributed by atoms with Crippen molar-refractivity contribution in [1.82, 2.24) is 20.1 Å². The number of hydrogen-bond donors (Lipinski definition) is 2. The van der Waals surface area contributed by atoms with Gasteiger partial charge >= 0.3 is 6.03 Å². The number of nitrogens with two attached hydrogens (primary N) is 1. The summed E-state index contributed by atoms with van der Waals surface area (Å²) in [6, 6.07) is 5.86. The van der Waals surface area contributed by atoms with Crippen LogP contribution in [0.5, 0.6) is 0 Å². The highest BCUT2D eigenvalue weighted by Gasteiger charge is 2.35. The van der Waals surface area contributed by atoms with E-state index in [1.807, 2.05) is 23.1 Å². The van der Waals surface area contributed by atoms with Crippen molar-refractivity contribution in [3.05, 3.63) is 24.1 Å². The van der Waals surface area contributed by atoms with Gasteiger partial charge in [-0.05, 0) is 12.1 Å². The van der Waals surface area contributed by atoms with Gasteiger partial charge in [-0.15, -0.1) is 0 Å². The summed E-state index contributed by atoms with van der Waals surface area (Å²) in [5.41, 5.74) is 7.99. The molecule has 1 aromatic heterocycles. The molecule has 21 heavy (non-hydrogen) atoms. The number of carbonyl (C=O) groups is 1. The van der Waals surface area contributed by atoms with Crippen LogP contribution in [-0.4, -0.2) is 53.0 Å². The number of aromatic nitrogens is 1. The van der Waals surface area contributed by atoms with Crippen LogP contribution in [0.1, 0.15) is 5.89 Å². The topological polar surface area (TPSA) is 87.6 Å². The zero-order valence-electron chi connectivity index (χ0n) is 11.6. The first-order valence-electron chi connectivity index (χ1n) is 7.11. The van der Waals surface area contributed by atoms with Crippen molar-refractivity contribution in [3.8, 4) is 0 Å². The predicted molar refractivity (Wildman–Crippen MR) is 77.6 cm³/mol. The molecule has 4 rings (SSSR count). The van der Waals surface area contributed by atoms with Crippen molar-refractivity contribution >= 4 is 22.8 Å². The lowest BCUT2D eigenvalue weighted by Gasteiger charge is -2.35. The Bertz CT molecular complexity index is 698. The van der Waals surface area contributed by atoms with E-state index in [-0.39, 0.29) is 12.1 Å². The SMILES string of the molecule is Nc1cccc2oc(CN3CCN4C(=O)NCC4C3)nc12. The maximum absolute atomic E-state index is 11.6. The van der Waals surface area contributed by atoms with Gasteiger partial charge in [0.15, 0.2) is 5.58 Å². The summed E-state index contributed by atoms with van der Waals surface area (Å²) >= 11 is 0. The molecule has 110 valence electrons. The lowest BCUT2D eigenvalue weighted by atomic mass is 10.2. The molecular weight excluding hydrogens is 270 g/mol. The van der Waals surface area contributed by atoms with Crippen molar-refractivity contribution in [2.45, 2.75) is 12.6 Å². The third-order valence-corrected chi connectivity index (χ3v) is 4.17. The summed E-state index contributed by atoms with van der Waals surface area (Å²) in [6.07, 6.45) is 0. The van der Waals surface area contributed by atoms with Gasteiger partial charge in [-0.3, -0.25) is 4.90 Å². The van der Waals surface area contributed by atoms with Crippen LogP contribution in [0.25, 0.3) is 11.1 Å². The van der Waals surface area contributed by atoms with Gasteiger partial charge < -0.3 is 20.4 Å². The molecule has 7 nitrogen and oxygen atoms in total. The Balaban J connectivity index is 1.50. The molecule has 1 aromatic carbocycles. The molecule has 2 fully saturated rings. The van der Waals surface area contributed by atoms with Gasteiger partial charge in [0.05, 0.1) is 18.3 Å². The van der Waals surface area contributed by atoms with Crippen LogP contribution in [0.15, 0.2) is 22.6 Å². The summed E-state index contributed by atoms with van der Waals surface area (Å²) in [4.78, 5) is 20.2. The van der Waals surface area contributed by atoms with Crippen LogP contribution in [0.4, 0.5) is 10.5 Å². The van der Waals surface area contributed by atoms with E-state index in [1.54, 1.807) is 0 Å². The van der Waals surface area contributed by atoms with E-state index in [2.05, 4.69) is 15.2 Å². The molecule has 7 heteroatoms. The molecule has 3 N–H and O–H groups in total. The van der Waals surface area contributed by atoms with Gasteiger partial charge in [0.1, 0.15) is 5.52 Å². The zero-order chi connectivity index (χ0) is 14.4. The fourth-order valence-electron chi connectivity index (χ4n) is 3.09. The molecule has 2 saturated heterocycles. The minimum absolute atomic E-state index is 0.0503. The maximum atomic E-state index is 11.6. The predicted octanol–water partition coefficient (Wildman–Crippen LogP) is 0.619. The Morgan fingerprint density at radius 1 is 1.43 bits per heavy atom. The molecule has 1 atom stereocenters. The van der Waals surface area contributed by atoms with Crippen LogP contribution in [0.2, 0.25) is 0 Å². The second kappa shape index (κ2) is 4.63. The van der Waals surface area contributed by atoms with Crippen molar-refractivity contribution in [2.24, 2.45) is 0 Å². The highest BCUT2D eigenvalue weighted by Crippen LogP contribution is 2.23. The van der Waals surface area contributed by atoms with E-state index in [0.29, 0.717) is 18.1 Å². The van der Waals surface area contributed by atoms with Crippen molar-refractivity contribution in [3.63, 3.8) is 0 Å². The highest BCUT2D eigenvalue weighted by atomic mass is 16.3. The number of rotatable bonds is 2. The number of nitrogen functional groups attached to an aromatic ring is 1. The van der Waals surface area contributed by atoms with E-state index < -0.39 is 0 Å². The van der Waals surface area contributed by atoms with E-state index in [0.717, 1.165) is 37.3 Å². The summed E-state index contributed by atoms with van der Waals surface area (Å²) in [6.45, 7) is 3.78. The molecule has 0 radical (unpaired) electrons. The largest absolute Gasteiger partial charge is 0.439 e. The average molecular weight is 287 g/mol. The van der Waals surface area contributed by atoms with E-state index in [4.69, 9.17) is 10.2 Å². The summed E-state index contributed by atoms with van der Waals surface area (Å²) in [5.74, 6) is 0.675. The number of fused-ring (bicyclic) bond motifs is 2. The van der Waals surface area contributed by atoms with E-state index in [1.165, 1.54) is 0 Å². The number of piperazine rings is 1. The van der Waals surface area contributed by atoms with Gasteiger partial charge in [-0.2, -0.15) is 0 Å². The van der Waals surface area contributed by atoms with Crippen LogP contribution in [-0.2, 0) is 6.54 Å². The molecular formula is C14H17N5O2. The van der Waals surface area contributed by atoms with Gasteiger partial charge in [0, 0.05) is 26.2 Å². The van der Waals surface area contributed by atoms with Crippen LogP contribution in [0, 0.1) is 0 Å². The molecule has 0 aliphatic carbocycles. The average Bonchev–Trinajstić information content (AvgIpc) is 3.04. The number of hydrogen-bond acceptors (Lipinski definition) is 5. The number of amides is 2. The summed E-state index contributed by atoms with van der Waals surface area (Å²) in [5, 5.41) is 2.88. The lowest BCUT2D eigenvalue weighted by Crippen LogP contribution is -2.51. The third kappa shape index (κ3) is 2.09. The molecule has 2 aromatic rings. The maximum Gasteiger partial charge on any atom is 0.317 e. The number of para-hydroxylation sites is 1. The number of nitrogens with zero attached hydrogens (tertiary/aromatic N) is 3. The Morgan fingerprint density at radius 3 is 3.19 bits per heavy atom. The van der Waals surface area contributed by atoms with Gasteiger partial charge in [0.25, 0.3) is 0 Å². The first-order valence-corrected chi connectivity index (χ1v) is 7.11. The second-order valence-electron chi connectivity index (χ2n) is 5.57. The molecule has 1 unspecified atom stereocenters. The van der Waals surface area contributed by atoms with Crippen LogP contribution >= 0.6 is 0 Å². The molecule has 0 spiro atoms. The molecule has 3 heterocycles. The number of benzene rings is 1. The second-order valence-corrected chi connectivity index (χ2v) is 5.57. The molecule has 2 aliphatic heterocycles. The van der Waals surface area contributed by atoms with Crippen LogP contribution in [0.3, 0.4) is 0 Å². The van der Waals surface area contributed by atoms with E-state index in [9.17, 15) is 4.79 Å². The number of carbonyl (C=O) groups excluding carboxylic acids is 1. The zero-order valence-corrected chi connectivity index (χ0v) is 11.6. The Morgan fingerprint density at radius 2 is 2.33 bits per heavy atom. The highest BCUT2D eigenvalue weighted by molar-refractivity contribution is 5.85. The van der Waals surface area contributed by atoms with Crippen molar-refractivity contribution in [2.75, 3.05) is 31.9 Å². The first kappa shape index (κ1) is 12.5. The van der Waals surface area contributed by atoms with E-state index >= 15 is 0 Å². The minimum Gasteiger partial charge on any atom is -0.439 e. The summed E-state index contributed by atoms with van der Waals surface area (Å²) < 4.78 is 5.76. The lowest BCUT2D eigenvalue weighted by molar-refractivity contribution is 0.110. The molecule has 0 bridgehead atoms. The first-order chi connectivity index (χ1) is 10.2. The smallest absolute Gasteiger partial charge is 0.317 e. The Hall–Kier alpha value is -2.28. The van der Waals surface area contributed by atoms with Crippen molar-refractivity contribution in [1.29, 1.82) is 0 Å². The number of anilines is 1. The number of nitrogens with one attached hydrogen (secondary N) is 1. The van der Waals surface area contributed by atoms with Gasteiger partial charge in [-0.1, -0.05) is 6.07 Å². The Labute approximate surface area is 121 Å². The fourth-order valence-corrected chi connectivity index (χ4v) is 3.09. The van der Waals surface area contributed by atoms with Gasteiger partial charge in [0.2, 0.25) is 5.89 Å². The minimum atomic E-state index is 0.0503. The summed E-state index contributed by atoms with van der Waals surface area (Å²) in [7, 11) is 0. The molecule has 0 saturated carbocycles. The van der Waals surface area contributed by atoms with Crippen LogP contribution < -0.4 is 11.1 Å². The van der Waals surface area contributed by atoms with Crippen molar-refractivity contribution < 1.29 is 9.21 Å². The third-order valence-electron chi connectivity index (χ3n) is 4.17. The molecule has 2 aliphatic rings. The fraction of sp³-hybridized carbons (Fsp3) is 0.429. The quantitative estimate of drug-likeness (QED) is 0.791. The standard InChI is InChI=1S/C14H17N5O2/c15-10-2-1-3-11-13(10)17-12(21-11)8-18-4-5-19-9(7-18)6-16-14(19)20/h1-3,9H,4-8,15H2,(H,16,20).